The summed E-state index contributed by atoms with van der Waals surface area (Å²) in [5.74, 6) is 0.0386. The first-order valence-electron chi connectivity index (χ1n) is 9.07. The van der Waals surface area contributed by atoms with Gasteiger partial charge in [0.15, 0.2) is 28.9 Å². The summed E-state index contributed by atoms with van der Waals surface area (Å²) in [6.45, 7) is 6.39. The topological polar surface area (TPSA) is 110 Å². The van der Waals surface area contributed by atoms with Gasteiger partial charge in [-0.05, 0) is 23.8 Å². The second-order valence-corrected chi connectivity index (χ2v) is 7.01. The minimum Gasteiger partial charge on any atom is -0.509 e. The Morgan fingerprint density at radius 1 is 1.30 bits per heavy atom. The number of para-hydroxylation sites is 2. The summed E-state index contributed by atoms with van der Waals surface area (Å²) in [5, 5.41) is 20.6. The molecule has 1 heterocycles. The van der Waals surface area contributed by atoms with E-state index in [9.17, 15) is 17.6 Å². The SMILES string of the molecule is C=C(O)COc1ccccc1Oc1nc(NC)c(F)cc1Cl.C=C1C=C(C(F)(F)F)C1(N)O. The minimum absolute atomic E-state index is 0.0153. The third-order valence-electron chi connectivity index (χ3n) is 4.11. The molecule has 178 valence electrons. The molecule has 1 atom stereocenters. The second-order valence-electron chi connectivity index (χ2n) is 6.61. The molecule has 2 aromatic rings. The summed E-state index contributed by atoms with van der Waals surface area (Å²) in [5.41, 5.74) is 1.22. The smallest absolute Gasteiger partial charge is 0.417 e. The highest BCUT2D eigenvalue weighted by Gasteiger charge is 2.52. The van der Waals surface area contributed by atoms with Gasteiger partial charge in [0.2, 0.25) is 5.88 Å². The maximum Gasteiger partial charge on any atom is 0.417 e. The Kier molecular flexibility index (Phi) is 7.96. The van der Waals surface area contributed by atoms with E-state index in [0.717, 1.165) is 12.1 Å². The molecule has 7 nitrogen and oxygen atoms in total. The number of alkyl halides is 3. The van der Waals surface area contributed by atoms with Gasteiger partial charge in [-0.15, -0.1) is 0 Å². The number of nitrogens with one attached hydrogen (secondary N) is 1. The number of pyridine rings is 1. The summed E-state index contributed by atoms with van der Waals surface area (Å²) in [7, 11) is 1.53. The van der Waals surface area contributed by atoms with E-state index in [1.807, 2.05) is 0 Å². The maximum absolute atomic E-state index is 13.5. The highest BCUT2D eigenvalue weighted by Crippen LogP contribution is 2.42. The van der Waals surface area contributed by atoms with Crippen molar-refractivity contribution in [2.24, 2.45) is 5.73 Å². The van der Waals surface area contributed by atoms with E-state index in [4.69, 9.17) is 37.0 Å². The van der Waals surface area contributed by atoms with Gasteiger partial charge in [0.25, 0.3) is 0 Å². The van der Waals surface area contributed by atoms with Gasteiger partial charge < -0.3 is 25.0 Å². The van der Waals surface area contributed by atoms with Crippen LogP contribution >= 0.6 is 11.6 Å². The molecule has 1 aromatic carbocycles. The van der Waals surface area contributed by atoms with E-state index < -0.39 is 23.3 Å². The van der Waals surface area contributed by atoms with Crippen LogP contribution < -0.4 is 20.5 Å². The van der Waals surface area contributed by atoms with Crippen molar-refractivity contribution in [1.29, 1.82) is 0 Å². The van der Waals surface area contributed by atoms with Gasteiger partial charge in [0.05, 0.1) is 5.57 Å². The summed E-state index contributed by atoms with van der Waals surface area (Å²) < 4.78 is 59.9. The van der Waals surface area contributed by atoms with Crippen LogP contribution in [0.1, 0.15) is 0 Å². The molecule has 1 aliphatic rings. The number of benzene rings is 1. The third kappa shape index (κ3) is 6.37. The number of aliphatic hydroxyl groups excluding tert-OH is 1. The predicted molar refractivity (Wildman–Crippen MR) is 115 cm³/mol. The van der Waals surface area contributed by atoms with Crippen LogP contribution in [0.15, 0.2) is 66.5 Å². The zero-order chi connectivity index (χ0) is 25.0. The van der Waals surface area contributed by atoms with Crippen LogP contribution in [0.3, 0.4) is 0 Å². The normalized spacial score (nSPS) is 17.2. The molecule has 0 amide bonds. The van der Waals surface area contributed by atoms with Crippen molar-refractivity contribution >= 4 is 17.4 Å². The summed E-state index contributed by atoms with van der Waals surface area (Å²) >= 11 is 5.94. The molecule has 0 radical (unpaired) electrons. The van der Waals surface area contributed by atoms with Gasteiger partial charge in [0.1, 0.15) is 17.4 Å². The summed E-state index contributed by atoms with van der Waals surface area (Å²) in [4.78, 5) is 3.96. The molecule has 0 aliphatic heterocycles. The fraction of sp³-hybridized carbons (Fsp3) is 0.190. The first-order chi connectivity index (χ1) is 15.3. The van der Waals surface area contributed by atoms with Crippen LogP contribution in [0.4, 0.5) is 23.4 Å². The van der Waals surface area contributed by atoms with E-state index >= 15 is 0 Å². The maximum atomic E-state index is 13.5. The van der Waals surface area contributed by atoms with Crippen LogP contribution in [0.5, 0.6) is 17.4 Å². The van der Waals surface area contributed by atoms with Crippen molar-refractivity contribution in [2.75, 3.05) is 19.0 Å². The first kappa shape index (κ1) is 26.0. The number of anilines is 1. The second kappa shape index (κ2) is 10.1. The number of aliphatic hydroxyl groups is 2. The Morgan fingerprint density at radius 3 is 2.36 bits per heavy atom. The lowest BCUT2D eigenvalue weighted by atomic mass is 9.83. The third-order valence-corrected chi connectivity index (χ3v) is 4.38. The average Bonchev–Trinajstić information content (AvgIpc) is 2.72. The molecule has 1 unspecified atom stereocenters. The lowest BCUT2D eigenvalue weighted by Gasteiger charge is -2.36. The molecule has 5 N–H and O–H groups in total. The van der Waals surface area contributed by atoms with Crippen LogP contribution in [0.2, 0.25) is 5.02 Å². The number of aromatic nitrogens is 1. The Bertz CT molecular complexity index is 1090. The zero-order valence-corrected chi connectivity index (χ0v) is 18.0. The van der Waals surface area contributed by atoms with Gasteiger partial charge in [-0.1, -0.05) is 36.9 Å². The Hall–Kier alpha value is -3.28. The molecule has 0 saturated carbocycles. The number of ether oxygens (including phenoxy) is 2. The molecule has 33 heavy (non-hydrogen) atoms. The number of hydrogen-bond donors (Lipinski definition) is 4. The van der Waals surface area contributed by atoms with Gasteiger partial charge in [0, 0.05) is 13.1 Å². The van der Waals surface area contributed by atoms with E-state index in [1.165, 1.54) is 7.05 Å². The molecule has 12 heteroatoms. The molecular formula is C21H20ClF4N3O4. The number of halogens is 5. The molecular weight excluding hydrogens is 470 g/mol. The van der Waals surface area contributed by atoms with Crippen molar-refractivity contribution in [3.8, 4) is 17.4 Å². The fourth-order valence-corrected chi connectivity index (χ4v) is 2.58. The summed E-state index contributed by atoms with van der Waals surface area (Å²) in [6, 6.07) is 7.85. The van der Waals surface area contributed by atoms with Gasteiger partial charge in [-0.25, -0.2) is 4.39 Å². The van der Waals surface area contributed by atoms with Gasteiger partial charge in [-0.3, -0.25) is 5.73 Å². The number of hydrogen-bond acceptors (Lipinski definition) is 7. The average molecular weight is 490 g/mol. The predicted octanol–water partition coefficient (Wildman–Crippen LogP) is 4.85. The number of nitrogens with zero attached hydrogens (tertiary/aromatic N) is 1. The van der Waals surface area contributed by atoms with Crippen LogP contribution in [0.25, 0.3) is 0 Å². The van der Waals surface area contributed by atoms with Crippen LogP contribution in [-0.4, -0.2) is 40.8 Å². The minimum atomic E-state index is -4.56. The molecule has 3 rings (SSSR count). The molecule has 0 spiro atoms. The Balaban J connectivity index is 0.000000294. The van der Waals surface area contributed by atoms with E-state index in [0.29, 0.717) is 11.5 Å². The van der Waals surface area contributed by atoms with Crippen molar-refractivity contribution in [2.45, 2.75) is 11.9 Å². The van der Waals surface area contributed by atoms with Crippen molar-refractivity contribution in [3.05, 3.63) is 77.3 Å². The van der Waals surface area contributed by atoms with Crippen molar-refractivity contribution < 1.29 is 37.2 Å². The van der Waals surface area contributed by atoms with Crippen molar-refractivity contribution in [1.82, 2.24) is 4.98 Å². The monoisotopic (exact) mass is 489 g/mol. The van der Waals surface area contributed by atoms with E-state index in [-0.39, 0.29) is 34.7 Å². The lowest BCUT2D eigenvalue weighted by molar-refractivity contribution is -0.119. The van der Waals surface area contributed by atoms with Crippen LogP contribution in [0, 0.1) is 5.82 Å². The van der Waals surface area contributed by atoms with Crippen LogP contribution in [-0.2, 0) is 0 Å². The number of rotatable bonds is 6. The van der Waals surface area contributed by atoms with E-state index in [1.54, 1.807) is 24.3 Å². The standard InChI is InChI=1S/C15H14ClFN2O3.C6H6F3NO/c1-9(20)8-21-12-5-3-4-6-13(12)22-15-10(16)7-11(17)14(18-2)19-15;1-3-2-4(5(3,10)11)6(7,8)9/h3-7,20H,1,8H2,2H3,(H,18,19);2,11H,1,10H2. The van der Waals surface area contributed by atoms with E-state index in [2.05, 4.69) is 23.5 Å². The highest BCUT2D eigenvalue weighted by molar-refractivity contribution is 6.31. The zero-order valence-electron chi connectivity index (χ0n) is 17.2. The molecule has 1 aliphatic carbocycles. The fourth-order valence-electron chi connectivity index (χ4n) is 2.40. The lowest BCUT2D eigenvalue weighted by Crippen LogP contribution is -2.53. The Labute approximate surface area is 191 Å². The quantitative estimate of drug-likeness (QED) is 0.261. The molecule has 0 bridgehead atoms. The van der Waals surface area contributed by atoms with Gasteiger partial charge >= 0.3 is 6.18 Å². The largest absolute Gasteiger partial charge is 0.509 e. The molecule has 0 fully saturated rings. The highest BCUT2D eigenvalue weighted by atomic mass is 35.5. The van der Waals surface area contributed by atoms with Crippen molar-refractivity contribution in [3.63, 3.8) is 0 Å². The molecule has 1 aromatic heterocycles. The number of nitrogens with two attached hydrogens (primary N) is 1. The first-order valence-corrected chi connectivity index (χ1v) is 9.45. The Morgan fingerprint density at radius 2 is 1.91 bits per heavy atom. The summed E-state index contributed by atoms with van der Waals surface area (Å²) in [6.07, 6.45) is -3.84. The molecule has 0 saturated heterocycles. The van der Waals surface area contributed by atoms with Gasteiger partial charge in [-0.2, -0.15) is 18.2 Å².